The zero-order valence-electron chi connectivity index (χ0n) is 14.4. The number of anilines is 1. The van der Waals surface area contributed by atoms with Gasteiger partial charge in [-0.15, -0.1) is 0 Å². The molecular weight excluding hydrogens is 314 g/mol. The molecule has 1 saturated heterocycles. The van der Waals surface area contributed by atoms with Gasteiger partial charge in [0, 0.05) is 44.2 Å². The number of aromatic nitrogens is 1. The summed E-state index contributed by atoms with van der Waals surface area (Å²) in [7, 11) is 0. The van der Waals surface area contributed by atoms with Crippen molar-refractivity contribution in [1.29, 1.82) is 0 Å². The van der Waals surface area contributed by atoms with Crippen molar-refractivity contribution in [3.05, 3.63) is 54.0 Å². The second kappa shape index (κ2) is 6.63. The monoisotopic (exact) mass is 337 g/mol. The van der Waals surface area contributed by atoms with Crippen LogP contribution in [0.15, 0.2) is 48.3 Å². The van der Waals surface area contributed by atoms with Gasteiger partial charge in [-0.05, 0) is 43.1 Å². The Kier molecular flexibility index (Phi) is 4.17. The number of hydrogen-bond acceptors (Lipinski definition) is 5. The minimum atomic E-state index is 0.132. The van der Waals surface area contributed by atoms with E-state index in [0.717, 1.165) is 49.7 Å². The molecule has 25 heavy (non-hydrogen) atoms. The molecule has 6 heteroatoms. The third-order valence-corrected chi connectivity index (χ3v) is 4.94. The summed E-state index contributed by atoms with van der Waals surface area (Å²) in [6.45, 7) is 4.98. The first-order chi connectivity index (χ1) is 12.2. The normalized spacial score (nSPS) is 22.4. The third kappa shape index (κ3) is 3.12. The lowest BCUT2D eigenvalue weighted by atomic mass is 10.0. The summed E-state index contributed by atoms with van der Waals surface area (Å²) in [4.78, 5) is 20.7. The smallest absolute Gasteiger partial charge is 0.219 e. The molecule has 4 rings (SSSR count). The Hall–Kier alpha value is -2.76. The van der Waals surface area contributed by atoms with E-state index in [0.29, 0.717) is 0 Å². The van der Waals surface area contributed by atoms with Crippen molar-refractivity contribution < 1.29 is 4.79 Å². The van der Waals surface area contributed by atoms with Crippen LogP contribution in [0, 0.1) is 0 Å². The Bertz CT molecular complexity index is 767. The number of amides is 1. The number of fused-ring (bicyclic) bond motifs is 1. The molecule has 4 heterocycles. The average Bonchev–Trinajstić information content (AvgIpc) is 2.97. The molecule has 1 aromatic rings. The first-order valence-corrected chi connectivity index (χ1v) is 8.79. The highest BCUT2D eigenvalue weighted by Gasteiger charge is 2.22. The van der Waals surface area contributed by atoms with E-state index < -0.39 is 0 Å². The number of pyridine rings is 1. The maximum Gasteiger partial charge on any atom is 0.219 e. The molecule has 0 radical (unpaired) electrons. The quantitative estimate of drug-likeness (QED) is 0.855. The van der Waals surface area contributed by atoms with Gasteiger partial charge in [-0.2, -0.15) is 0 Å². The standard InChI is InChI=1S/C19H23N5O/c1-14(25)23-10-3-11-24(13-12-23)18-5-2-4-17(22-18)15-6-8-20-19-16(15)7-9-21-19/h2,4-9,19-21H,3,10-13H2,1H3. The minimum absolute atomic E-state index is 0.132. The summed E-state index contributed by atoms with van der Waals surface area (Å²) in [5, 5.41) is 6.58. The van der Waals surface area contributed by atoms with Gasteiger partial charge in [-0.1, -0.05) is 6.07 Å². The maximum absolute atomic E-state index is 11.6. The number of dihydropyridines is 1. The third-order valence-electron chi connectivity index (χ3n) is 4.94. The molecule has 0 aliphatic carbocycles. The highest BCUT2D eigenvalue weighted by atomic mass is 16.2. The summed E-state index contributed by atoms with van der Waals surface area (Å²) in [5.74, 6) is 1.14. The first kappa shape index (κ1) is 15.7. The van der Waals surface area contributed by atoms with E-state index in [1.165, 1.54) is 5.57 Å². The van der Waals surface area contributed by atoms with E-state index in [4.69, 9.17) is 4.98 Å². The van der Waals surface area contributed by atoms with Crippen LogP contribution in [-0.4, -0.2) is 48.1 Å². The zero-order chi connectivity index (χ0) is 17.2. The van der Waals surface area contributed by atoms with Crippen molar-refractivity contribution >= 4 is 17.3 Å². The largest absolute Gasteiger partial charge is 0.368 e. The second-order valence-electron chi connectivity index (χ2n) is 6.53. The Morgan fingerprint density at radius 1 is 1.12 bits per heavy atom. The highest BCUT2D eigenvalue weighted by Crippen LogP contribution is 2.27. The van der Waals surface area contributed by atoms with Gasteiger partial charge >= 0.3 is 0 Å². The number of carbonyl (C=O) groups is 1. The fraction of sp³-hybridized carbons (Fsp3) is 0.368. The molecule has 0 spiro atoms. The van der Waals surface area contributed by atoms with Crippen LogP contribution in [0.1, 0.15) is 19.0 Å². The fourth-order valence-electron chi connectivity index (χ4n) is 3.57. The van der Waals surface area contributed by atoms with Crippen LogP contribution < -0.4 is 15.5 Å². The van der Waals surface area contributed by atoms with Crippen LogP contribution in [0.3, 0.4) is 0 Å². The summed E-state index contributed by atoms with van der Waals surface area (Å²) in [5.41, 5.74) is 3.34. The minimum Gasteiger partial charge on any atom is -0.368 e. The molecule has 130 valence electrons. The predicted molar refractivity (Wildman–Crippen MR) is 98.6 cm³/mol. The Balaban J connectivity index is 1.59. The lowest BCUT2D eigenvalue weighted by Gasteiger charge is -2.24. The van der Waals surface area contributed by atoms with Crippen LogP contribution in [0.2, 0.25) is 0 Å². The van der Waals surface area contributed by atoms with Crippen molar-refractivity contribution in [3.63, 3.8) is 0 Å². The van der Waals surface area contributed by atoms with Gasteiger partial charge in [0.2, 0.25) is 5.91 Å². The van der Waals surface area contributed by atoms with E-state index >= 15 is 0 Å². The van der Waals surface area contributed by atoms with Gasteiger partial charge in [-0.25, -0.2) is 4.98 Å². The SMILES string of the molecule is CC(=O)N1CCCN(c2cccc(C3=C4C=CNC4NC=C3)n2)CC1. The van der Waals surface area contributed by atoms with Crippen molar-refractivity contribution in [2.45, 2.75) is 19.5 Å². The number of allylic oxidation sites excluding steroid dienone is 2. The van der Waals surface area contributed by atoms with Crippen LogP contribution in [0.4, 0.5) is 5.82 Å². The number of nitrogens with one attached hydrogen (secondary N) is 2. The van der Waals surface area contributed by atoms with E-state index in [-0.39, 0.29) is 12.1 Å². The average molecular weight is 337 g/mol. The lowest BCUT2D eigenvalue weighted by Crippen LogP contribution is -2.36. The highest BCUT2D eigenvalue weighted by molar-refractivity contribution is 5.79. The molecule has 0 aromatic carbocycles. The van der Waals surface area contributed by atoms with Gasteiger partial charge in [0.25, 0.3) is 0 Å². The van der Waals surface area contributed by atoms with Crippen LogP contribution in [0.25, 0.3) is 5.57 Å². The summed E-state index contributed by atoms with van der Waals surface area (Å²) < 4.78 is 0. The molecule has 0 bridgehead atoms. The lowest BCUT2D eigenvalue weighted by molar-refractivity contribution is -0.128. The zero-order valence-corrected chi connectivity index (χ0v) is 14.4. The maximum atomic E-state index is 11.6. The van der Waals surface area contributed by atoms with Crippen molar-refractivity contribution in [1.82, 2.24) is 20.5 Å². The summed E-state index contributed by atoms with van der Waals surface area (Å²) in [6, 6.07) is 6.18. The molecule has 6 nitrogen and oxygen atoms in total. The molecule has 1 amide bonds. The Labute approximate surface area is 147 Å². The van der Waals surface area contributed by atoms with Crippen molar-refractivity contribution in [3.8, 4) is 0 Å². The molecular formula is C19H23N5O. The van der Waals surface area contributed by atoms with Gasteiger partial charge in [-0.3, -0.25) is 4.79 Å². The van der Waals surface area contributed by atoms with E-state index in [2.05, 4.69) is 45.9 Å². The van der Waals surface area contributed by atoms with E-state index in [1.807, 2.05) is 17.3 Å². The Morgan fingerprint density at radius 3 is 2.80 bits per heavy atom. The Morgan fingerprint density at radius 2 is 1.96 bits per heavy atom. The predicted octanol–water partition coefficient (Wildman–Crippen LogP) is 1.45. The molecule has 2 N–H and O–H groups in total. The van der Waals surface area contributed by atoms with Crippen LogP contribution >= 0.6 is 0 Å². The molecule has 1 aromatic heterocycles. The van der Waals surface area contributed by atoms with Gasteiger partial charge in [0.1, 0.15) is 12.0 Å². The van der Waals surface area contributed by atoms with Gasteiger partial charge < -0.3 is 20.4 Å². The molecule has 1 unspecified atom stereocenters. The van der Waals surface area contributed by atoms with E-state index in [9.17, 15) is 4.79 Å². The fourth-order valence-corrected chi connectivity index (χ4v) is 3.57. The van der Waals surface area contributed by atoms with Crippen LogP contribution in [0.5, 0.6) is 0 Å². The number of rotatable bonds is 2. The van der Waals surface area contributed by atoms with Crippen molar-refractivity contribution in [2.24, 2.45) is 0 Å². The summed E-state index contributed by atoms with van der Waals surface area (Å²) >= 11 is 0. The second-order valence-corrected chi connectivity index (χ2v) is 6.53. The van der Waals surface area contributed by atoms with Crippen LogP contribution in [-0.2, 0) is 4.79 Å². The van der Waals surface area contributed by atoms with Gasteiger partial charge in [0.05, 0.1) is 5.69 Å². The molecule has 3 aliphatic heterocycles. The molecule has 1 fully saturated rings. The topological polar surface area (TPSA) is 60.5 Å². The summed E-state index contributed by atoms with van der Waals surface area (Å²) in [6.07, 6.45) is 9.21. The van der Waals surface area contributed by atoms with Gasteiger partial charge in [0.15, 0.2) is 0 Å². The molecule has 1 atom stereocenters. The number of hydrogen-bond donors (Lipinski definition) is 2. The van der Waals surface area contributed by atoms with Crippen molar-refractivity contribution in [2.75, 3.05) is 31.1 Å². The molecule has 3 aliphatic rings. The number of carbonyl (C=O) groups excluding carboxylic acids is 1. The van der Waals surface area contributed by atoms with E-state index in [1.54, 1.807) is 6.92 Å². The first-order valence-electron chi connectivity index (χ1n) is 8.79. The number of nitrogens with zero attached hydrogens (tertiary/aromatic N) is 3. The molecule has 0 saturated carbocycles.